The number of anilines is 1. The Morgan fingerprint density at radius 1 is 1.22 bits per heavy atom. The van der Waals surface area contributed by atoms with Crippen LogP contribution in [0.3, 0.4) is 0 Å². The third-order valence-electron chi connectivity index (χ3n) is 2.88. The molecule has 0 amide bonds. The molecule has 18 heavy (non-hydrogen) atoms. The molecule has 1 N–H and O–H groups in total. The highest BCUT2D eigenvalue weighted by molar-refractivity contribution is 5.31. The molecule has 102 valence electrons. The first-order valence-electron chi connectivity index (χ1n) is 6.37. The molecule has 0 aliphatic heterocycles. The molecule has 5 nitrogen and oxygen atoms in total. The van der Waals surface area contributed by atoms with Crippen LogP contribution in [0.15, 0.2) is 6.20 Å². The zero-order valence-electron chi connectivity index (χ0n) is 12.2. The lowest BCUT2D eigenvalue weighted by atomic mass is 10.2. The SMILES string of the molecule is CNCc1cnc(N(C)CCCN(C)C)nc1C. The summed E-state index contributed by atoms with van der Waals surface area (Å²) < 4.78 is 0. The maximum atomic E-state index is 4.55. The van der Waals surface area contributed by atoms with Crippen LogP contribution in [0.5, 0.6) is 0 Å². The van der Waals surface area contributed by atoms with E-state index in [1.807, 2.05) is 27.2 Å². The molecule has 0 fully saturated rings. The molecule has 0 aliphatic rings. The van der Waals surface area contributed by atoms with E-state index in [2.05, 4.69) is 39.2 Å². The number of nitrogens with one attached hydrogen (secondary N) is 1. The maximum Gasteiger partial charge on any atom is 0.225 e. The lowest BCUT2D eigenvalue weighted by molar-refractivity contribution is 0.401. The average Bonchev–Trinajstić information content (AvgIpc) is 2.31. The van der Waals surface area contributed by atoms with Crippen molar-refractivity contribution >= 4 is 5.95 Å². The third kappa shape index (κ3) is 4.58. The summed E-state index contributed by atoms with van der Waals surface area (Å²) in [5, 5.41) is 3.12. The van der Waals surface area contributed by atoms with E-state index in [0.717, 1.165) is 43.3 Å². The van der Waals surface area contributed by atoms with Gasteiger partial charge in [-0.05, 0) is 41.0 Å². The van der Waals surface area contributed by atoms with Gasteiger partial charge in [0.1, 0.15) is 0 Å². The summed E-state index contributed by atoms with van der Waals surface area (Å²) in [4.78, 5) is 13.3. The summed E-state index contributed by atoms with van der Waals surface area (Å²) in [6, 6.07) is 0. The Kier molecular flexibility index (Phi) is 6.01. The second kappa shape index (κ2) is 7.28. The zero-order chi connectivity index (χ0) is 13.5. The summed E-state index contributed by atoms with van der Waals surface area (Å²) in [5.74, 6) is 0.811. The summed E-state index contributed by atoms with van der Waals surface area (Å²) >= 11 is 0. The van der Waals surface area contributed by atoms with Crippen LogP contribution in [-0.4, -0.2) is 56.1 Å². The molecule has 1 heterocycles. The minimum atomic E-state index is 0.811. The van der Waals surface area contributed by atoms with Crippen LogP contribution in [0.1, 0.15) is 17.7 Å². The highest BCUT2D eigenvalue weighted by atomic mass is 15.2. The minimum absolute atomic E-state index is 0.811. The van der Waals surface area contributed by atoms with Crippen LogP contribution >= 0.6 is 0 Å². The first kappa shape index (κ1) is 14.9. The summed E-state index contributed by atoms with van der Waals surface area (Å²) in [6.07, 6.45) is 3.03. The smallest absolute Gasteiger partial charge is 0.225 e. The molecule has 5 heteroatoms. The van der Waals surface area contributed by atoms with Crippen LogP contribution in [0.2, 0.25) is 0 Å². The molecule has 0 aromatic carbocycles. The lowest BCUT2D eigenvalue weighted by Crippen LogP contribution is -2.25. The van der Waals surface area contributed by atoms with Crippen molar-refractivity contribution in [2.45, 2.75) is 19.9 Å². The summed E-state index contributed by atoms with van der Waals surface area (Å²) in [5.41, 5.74) is 2.21. The second-order valence-electron chi connectivity index (χ2n) is 4.89. The van der Waals surface area contributed by atoms with Gasteiger partial charge in [-0.25, -0.2) is 9.97 Å². The van der Waals surface area contributed by atoms with Crippen molar-refractivity contribution in [1.29, 1.82) is 0 Å². The molecule has 0 aliphatic carbocycles. The molecule has 1 aromatic heterocycles. The van der Waals surface area contributed by atoms with E-state index in [-0.39, 0.29) is 0 Å². The molecule has 0 saturated carbocycles. The first-order valence-corrected chi connectivity index (χ1v) is 6.37. The molecule has 1 rings (SSSR count). The van der Waals surface area contributed by atoms with E-state index in [1.54, 1.807) is 0 Å². The number of hydrogen-bond donors (Lipinski definition) is 1. The standard InChI is InChI=1S/C13H25N5/c1-11-12(9-14-2)10-15-13(16-11)18(5)8-6-7-17(3)4/h10,14H,6-9H2,1-5H3. The van der Waals surface area contributed by atoms with Crippen molar-refractivity contribution in [2.75, 3.05) is 46.2 Å². The van der Waals surface area contributed by atoms with Crippen molar-refractivity contribution in [2.24, 2.45) is 0 Å². The van der Waals surface area contributed by atoms with E-state index in [1.165, 1.54) is 0 Å². The zero-order valence-corrected chi connectivity index (χ0v) is 12.2. The molecule has 0 bridgehead atoms. The fourth-order valence-electron chi connectivity index (χ4n) is 1.75. The summed E-state index contributed by atoms with van der Waals surface area (Å²) in [6.45, 7) is 4.91. The fraction of sp³-hybridized carbons (Fsp3) is 0.692. The van der Waals surface area contributed by atoms with Gasteiger partial charge in [0.25, 0.3) is 0 Å². The van der Waals surface area contributed by atoms with Crippen molar-refractivity contribution in [1.82, 2.24) is 20.2 Å². The van der Waals surface area contributed by atoms with E-state index in [4.69, 9.17) is 0 Å². The Hall–Kier alpha value is -1.20. The molecule has 0 unspecified atom stereocenters. The molecule has 0 atom stereocenters. The van der Waals surface area contributed by atoms with Crippen molar-refractivity contribution < 1.29 is 0 Å². The topological polar surface area (TPSA) is 44.3 Å². The van der Waals surface area contributed by atoms with Crippen LogP contribution in [0.4, 0.5) is 5.95 Å². The monoisotopic (exact) mass is 251 g/mol. The van der Waals surface area contributed by atoms with E-state index >= 15 is 0 Å². The second-order valence-corrected chi connectivity index (χ2v) is 4.89. The predicted molar refractivity (Wildman–Crippen MR) is 76.0 cm³/mol. The van der Waals surface area contributed by atoms with Gasteiger partial charge in [0, 0.05) is 37.6 Å². The van der Waals surface area contributed by atoms with Gasteiger partial charge >= 0.3 is 0 Å². The Balaban J connectivity index is 2.57. The van der Waals surface area contributed by atoms with Crippen LogP contribution in [0.25, 0.3) is 0 Å². The van der Waals surface area contributed by atoms with Crippen molar-refractivity contribution in [3.05, 3.63) is 17.5 Å². The van der Waals surface area contributed by atoms with Crippen LogP contribution in [0, 0.1) is 6.92 Å². The number of rotatable bonds is 7. The van der Waals surface area contributed by atoms with Gasteiger partial charge in [0.15, 0.2) is 0 Å². The Morgan fingerprint density at radius 2 is 1.94 bits per heavy atom. The van der Waals surface area contributed by atoms with Crippen LogP contribution in [-0.2, 0) is 6.54 Å². The minimum Gasteiger partial charge on any atom is -0.344 e. The van der Waals surface area contributed by atoms with Gasteiger partial charge in [0.2, 0.25) is 5.95 Å². The molecule has 0 saturated heterocycles. The number of hydrogen-bond acceptors (Lipinski definition) is 5. The Bertz CT molecular complexity index is 364. The summed E-state index contributed by atoms with van der Waals surface area (Å²) in [7, 11) is 8.16. The highest BCUT2D eigenvalue weighted by Crippen LogP contribution is 2.10. The Labute approximate surface area is 110 Å². The lowest BCUT2D eigenvalue weighted by Gasteiger charge is -2.19. The quantitative estimate of drug-likeness (QED) is 0.780. The molecular weight excluding hydrogens is 226 g/mol. The fourth-order valence-corrected chi connectivity index (χ4v) is 1.75. The highest BCUT2D eigenvalue weighted by Gasteiger charge is 2.07. The van der Waals surface area contributed by atoms with Crippen LogP contribution < -0.4 is 10.2 Å². The van der Waals surface area contributed by atoms with Crippen molar-refractivity contribution in [3.63, 3.8) is 0 Å². The van der Waals surface area contributed by atoms with Gasteiger partial charge in [-0.2, -0.15) is 0 Å². The molecule has 1 aromatic rings. The van der Waals surface area contributed by atoms with E-state index < -0.39 is 0 Å². The predicted octanol–water partition coefficient (Wildman–Crippen LogP) is 0.892. The van der Waals surface area contributed by atoms with Gasteiger partial charge in [-0.1, -0.05) is 0 Å². The number of nitrogens with zero attached hydrogens (tertiary/aromatic N) is 4. The molecule has 0 radical (unpaired) electrons. The Morgan fingerprint density at radius 3 is 2.50 bits per heavy atom. The van der Waals surface area contributed by atoms with Gasteiger partial charge < -0.3 is 15.1 Å². The normalized spacial score (nSPS) is 11.0. The first-order chi connectivity index (χ1) is 8.54. The van der Waals surface area contributed by atoms with Crippen molar-refractivity contribution in [3.8, 4) is 0 Å². The molecule has 0 spiro atoms. The average molecular weight is 251 g/mol. The third-order valence-corrected chi connectivity index (χ3v) is 2.88. The van der Waals surface area contributed by atoms with Gasteiger partial charge in [0.05, 0.1) is 0 Å². The maximum absolute atomic E-state index is 4.55. The van der Waals surface area contributed by atoms with E-state index in [9.17, 15) is 0 Å². The largest absolute Gasteiger partial charge is 0.344 e. The van der Waals surface area contributed by atoms with Gasteiger partial charge in [-0.15, -0.1) is 0 Å². The molecular formula is C13H25N5. The van der Waals surface area contributed by atoms with E-state index in [0.29, 0.717) is 0 Å². The number of aryl methyl sites for hydroxylation is 1. The van der Waals surface area contributed by atoms with Gasteiger partial charge in [-0.3, -0.25) is 0 Å². The number of aromatic nitrogens is 2.